The van der Waals surface area contributed by atoms with Crippen LogP contribution in [0.5, 0.6) is 11.5 Å². The number of methoxy groups -OCH3 is 2. The minimum absolute atomic E-state index is 0.0465. The molecule has 2 aromatic carbocycles. The number of rotatable bonds is 9. The van der Waals surface area contributed by atoms with Gasteiger partial charge in [-0.15, -0.1) is 0 Å². The predicted molar refractivity (Wildman–Crippen MR) is 99.5 cm³/mol. The number of ether oxygens (including phenoxy) is 2. The van der Waals surface area contributed by atoms with Gasteiger partial charge in [0.25, 0.3) is 5.91 Å². The van der Waals surface area contributed by atoms with Gasteiger partial charge in [0.15, 0.2) is 11.5 Å². The maximum atomic E-state index is 12.1. The largest absolute Gasteiger partial charge is 0.493 e. The Kier molecular flexibility index (Phi) is 7.29. The van der Waals surface area contributed by atoms with Gasteiger partial charge in [-0.25, -0.2) is 0 Å². The van der Waals surface area contributed by atoms with Crippen LogP contribution in [-0.4, -0.2) is 39.3 Å². The van der Waals surface area contributed by atoms with Crippen molar-refractivity contribution in [2.45, 2.75) is 19.4 Å². The van der Waals surface area contributed by atoms with Crippen LogP contribution in [0.4, 0.5) is 0 Å². The third kappa shape index (κ3) is 5.80. The second-order valence-corrected chi connectivity index (χ2v) is 5.88. The van der Waals surface area contributed by atoms with E-state index in [1.807, 2.05) is 55.5 Å². The van der Waals surface area contributed by atoms with Gasteiger partial charge in [-0.1, -0.05) is 24.3 Å². The molecule has 2 N–H and O–H groups in total. The molecule has 1 unspecified atom stereocenters. The van der Waals surface area contributed by atoms with Gasteiger partial charge in [0.05, 0.1) is 14.2 Å². The van der Waals surface area contributed by atoms with Crippen LogP contribution in [0, 0.1) is 0 Å². The third-order valence-electron chi connectivity index (χ3n) is 3.90. The highest BCUT2D eigenvalue weighted by molar-refractivity contribution is 5.94. The van der Waals surface area contributed by atoms with Crippen molar-refractivity contribution in [2.24, 2.45) is 0 Å². The fourth-order valence-electron chi connectivity index (χ4n) is 2.54. The molecular weight excluding hydrogens is 316 g/mol. The van der Waals surface area contributed by atoms with Crippen LogP contribution < -0.4 is 20.1 Å². The van der Waals surface area contributed by atoms with E-state index in [0.29, 0.717) is 12.1 Å². The molecule has 0 spiro atoms. The van der Waals surface area contributed by atoms with E-state index in [1.165, 1.54) is 5.56 Å². The Labute approximate surface area is 149 Å². The van der Waals surface area contributed by atoms with Crippen LogP contribution in [0.1, 0.15) is 22.8 Å². The van der Waals surface area contributed by atoms with Crippen LogP contribution >= 0.6 is 0 Å². The summed E-state index contributed by atoms with van der Waals surface area (Å²) in [4.78, 5) is 12.1. The molecule has 2 rings (SSSR count). The summed E-state index contributed by atoms with van der Waals surface area (Å²) in [5.74, 6) is 1.43. The molecule has 5 nitrogen and oxygen atoms in total. The summed E-state index contributed by atoms with van der Waals surface area (Å²) in [5, 5.41) is 6.36. The number of nitrogens with one attached hydrogen (secondary N) is 2. The smallest absolute Gasteiger partial charge is 0.251 e. The zero-order chi connectivity index (χ0) is 18.1. The van der Waals surface area contributed by atoms with Gasteiger partial charge in [0.1, 0.15) is 0 Å². The lowest BCUT2D eigenvalue weighted by Crippen LogP contribution is -2.40. The van der Waals surface area contributed by atoms with E-state index in [2.05, 4.69) is 10.6 Å². The summed E-state index contributed by atoms with van der Waals surface area (Å²) < 4.78 is 10.6. The fourth-order valence-corrected chi connectivity index (χ4v) is 2.54. The minimum Gasteiger partial charge on any atom is -0.493 e. The maximum absolute atomic E-state index is 12.1. The van der Waals surface area contributed by atoms with Crippen LogP contribution in [0.2, 0.25) is 0 Å². The molecule has 0 fully saturated rings. The molecule has 0 aliphatic heterocycles. The summed E-state index contributed by atoms with van der Waals surface area (Å²) in [6.07, 6.45) is 0.875. The van der Waals surface area contributed by atoms with E-state index in [9.17, 15) is 4.79 Å². The molecule has 0 bridgehead atoms. The first-order valence-corrected chi connectivity index (χ1v) is 8.41. The summed E-state index contributed by atoms with van der Waals surface area (Å²) >= 11 is 0. The lowest BCUT2D eigenvalue weighted by atomic mass is 10.1. The molecule has 0 aliphatic rings. The molecule has 0 heterocycles. The van der Waals surface area contributed by atoms with Gasteiger partial charge in [0.2, 0.25) is 0 Å². The van der Waals surface area contributed by atoms with Gasteiger partial charge in [-0.2, -0.15) is 0 Å². The van der Waals surface area contributed by atoms with Gasteiger partial charge in [-0.3, -0.25) is 4.79 Å². The molecule has 0 radical (unpaired) electrons. The van der Waals surface area contributed by atoms with Gasteiger partial charge in [-0.05, 0) is 49.7 Å². The lowest BCUT2D eigenvalue weighted by Gasteiger charge is -2.15. The van der Waals surface area contributed by atoms with Crippen LogP contribution in [0.3, 0.4) is 0 Å². The summed E-state index contributed by atoms with van der Waals surface area (Å²) in [6.45, 7) is 3.52. The molecule has 25 heavy (non-hydrogen) atoms. The Morgan fingerprint density at radius 1 is 1.04 bits per heavy atom. The van der Waals surface area contributed by atoms with Gasteiger partial charge >= 0.3 is 0 Å². The van der Waals surface area contributed by atoms with Gasteiger partial charge in [0, 0.05) is 18.2 Å². The second kappa shape index (κ2) is 9.69. The first kappa shape index (κ1) is 18.8. The molecule has 134 valence electrons. The van der Waals surface area contributed by atoms with Crippen molar-refractivity contribution in [3.63, 3.8) is 0 Å². The first-order valence-electron chi connectivity index (χ1n) is 8.41. The molecule has 2 aromatic rings. The Bertz CT molecular complexity index is 674. The molecule has 0 saturated carbocycles. The number of benzene rings is 2. The first-order chi connectivity index (χ1) is 12.1. The van der Waals surface area contributed by atoms with Crippen molar-refractivity contribution in [1.29, 1.82) is 0 Å². The van der Waals surface area contributed by atoms with Crippen molar-refractivity contribution >= 4 is 5.91 Å². The molecule has 0 saturated heterocycles. The normalized spacial score (nSPS) is 11.6. The Morgan fingerprint density at radius 3 is 2.44 bits per heavy atom. The Hall–Kier alpha value is -2.53. The highest BCUT2D eigenvalue weighted by atomic mass is 16.5. The van der Waals surface area contributed by atoms with Crippen LogP contribution in [0.25, 0.3) is 0 Å². The van der Waals surface area contributed by atoms with Crippen LogP contribution in [-0.2, 0) is 6.42 Å². The van der Waals surface area contributed by atoms with Crippen molar-refractivity contribution in [2.75, 3.05) is 27.3 Å². The highest BCUT2D eigenvalue weighted by Gasteiger charge is 2.09. The number of hydrogen-bond acceptors (Lipinski definition) is 4. The molecular formula is C20H26N2O3. The molecule has 0 aliphatic carbocycles. The quantitative estimate of drug-likeness (QED) is 0.688. The molecule has 1 amide bonds. The monoisotopic (exact) mass is 342 g/mol. The van der Waals surface area contributed by atoms with E-state index in [0.717, 1.165) is 24.5 Å². The van der Waals surface area contributed by atoms with Crippen molar-refractivity contribution in [3.8, 4) is 11.5 Å². The average Bonchev–Trinajstić information content (AvgIpc) is 2.65. The fraction of sp³-hybridized carbons (Fsp3) is 0.350. The predicted octanol–water partition coefficient (Wildman–Crippen LogP) is 2.65. The van der Waals surface area contributed by atoms with E-state index in [4.69, 9.17) is 9.47 Å². The number of hydrogen-bond donors (Lipinski definition) is 2. The van der Waals surface area contributed by atoms with Crippen molar-refractivity contribution in [3.05, 3.63) is 59.7 Å². The third-order valence-corrected chi connectivity index (χ3v) is 3.90. The van der Waals surface area contributed by atoms with Gasteiger partial charge < -0.3 is 20.1 Å². The number of amides is 1. The van der Waals surface area contributed by atoms with Crippen molar-refractivity contribution < 1.29 is 14.3 Å². The molecule has 5 heteroatoms. The summed E-state index contributed by atoms with van der Waals surface area (Å²) in [7, 11) is 3.27. The number of carbonyl (C=O) groups is 1. The average molecular weight is 342 g/mol. The maximum Gasteiger partial charge on any atom is 0.251 e. The Balaban J connectivity index is 1.73. The second-order valence-electron chi connectivity index (χ2n) is 5.88. The SMILES string of the molecule is COc1ccc(CCNCC(C)NC(=O)c2ccccc2)cc1OC. The lowest BCUT2D eigenvalue weighted by molar-refractivity contribution is 0.0940. The van der Waals surface area contributed by atoms with E-state index in [-0.39, 0.29) is 11.9 Å². The Morgan fingerprint density at radius 2 is 1.76 bits per heavy atom. The highest BCUT2D eigenvalue weighted by Crippen LogP contribution is 2.27. The topological polar surface area (TPSA) is 59.6 Å². The zero-order valence-electron chi connectivity index (χ0n) is 15.0. The van der Waals surface area contributed by atoms with Crippen molar-refractivity contribution in [1.82, 2.24) is 10.6 Å². The van der Waals surface area contributed by atoms with E-state index >= 15 is 0 Å². The van der Waals surface area contributed by atoms with E-state index in [1.54, 1.807) is 14.2 Å². The summed E-state index contributed by atoms with van der Waals surface area (Å²) in [6, 6.07) is 15.2. The molecule has 0 aromatic heterocycles. The standard InChI is InChI=1S/C20H26N2O3/c1-15(22-20(23)17-7-5-4-6-8-17)14-21-12-11-16-9-10-18(24-2)19(13-16)25-3/h4-10,13,15,21H,11-12,14H2,1-3H3,(H,22,23). The summed E-state index contributed by atoms with van der Waals surface area (Å²) in [5.41, 5.74) is 1.85. The van der Waals surface area contributed by atoms with Crippen LogP contribution in [0.15, 0.2) is 48.5 Å². The number of carbonyl (C=O) groups excluding carboxylic acids is 1. The zero-order valence-corrected chi connectivity index (χ0v) is 15.0. The molecule has 1 atom stereocenters. The van der Waals surface area contributed by atoms with E-state index < -0.39 is 0 Å². The minimum atomic E-state index is -0.0465.